The zero-order chi connectivity index (χ0) is 13.2. The van der Waals surface area contributed by atoms with Gasteiger partial charge in [0.25, 0.3) is 0 Å². The summed E-state index contributed by atoms with van der Waals surface area (Å²) in [6.07, 6.45) is 4.66. The molecule has 2 N–H and O–H groups in total. The lowest BCUT2D eigenvalue weighted by Gasteiger charge is -2.20. The Morgan fingerprint density at radius 2 is 2.06 bits per heavy atom. The van der Waals surface area contributed by atoms with Gasteiger partial charge in [-0.25, -0.2) is 0 Å². The molecule has 0 amide bonds. The van der Waals surface area contributed by atoms with E-state index in [1.165, 1.54) is 5.56 Å². The maximum Gasteiger partial charge on any atom is 0.313 e. The SMILES string of the molecule is CC(C)(C(=O)O)c1cccc(Cc2cc[nH]c2)c1. The lowest BCUT2D eigenvalue weighted by Crippen LogP contribution is -2.28. The van der Waals surface area contributed by atoms with Gasteiger partial charge in [-0.05, 0) is 43.0 Å². The molecule has 0 aliphatic rings. The Bertz CT molecular complexity index is 541. The summed E-state index contributed by atoms with van der Waals surface area (Å²) in [6.45, 7) is 3.45. The van der Waals surface area contributed by atoms with Crippen molar-refractivity contribution in [2.45, 2.75) is 25.7 Å². The Balaban J connectivity index is 2.28. The molecule has 0 radical (unpaired) electrons. The number of hydrogen-bond donors (Lipinski definition) is 2. The average Bonchev–Trinajstić information content (AvgIpc) is 2.82. The van der Waals surface area contributed by atoms with Gasteiger partial charge in [0.15, 0.2) is 0 Å². The van der Waals surface area contributed by atoms with Crippen molar-refractivity contribution in [1.82, 2.24) is 4.98 Å². The van der Waals surface area contributed by atoms with Crippen molar-refractivity contribution in [3.8, 4) is 0 Å². The van der Waals surface area contributed by atoms with E-state index in [0.717, 1.165) is 17.5 Å². The Hall–Kier alpha value is -2.03. The topological polar surface area (TPSA) is 53.1 Å². The van der Waals surface area contributed by atoms with Gasteiger partial charge < -0.3 is 10.1 Å². The normalized spacial score (nSPS) is 11.4. The van der Waals surface area contributed by atoms with Gasteiger partial charge in [-0.3, -0.25) is 4.79 Å². The van der Waals surface area contributed by atoms with E-state index >= 15 is 0 Å². The molecule has 2 aromatic rings. The maximum absolute atomic E-state index is 11.2. The number of hydrogen-bond acceptors (Lipinski definition) is 1. The van der Waals surface area contributed by atoms with E-state index in [0.29, 0.717) is 0 Å². The van der Waals surface area contributed by atoms with E-state index < -0.39 is 11.4 Å². The molecule has 1 aromatic heterocycles. The van der Waals surface area contributed by atoms with Crippen molar-refractivity contribution < 1.29 is 9.90 Å². The third-order valence-corrected chi connectivity index (χ3v) is 3.25. The van der Waals surface area contributed by atoms with Crippen molar-refractivity contribution in [2.24, 2.45) is 0 Å². The minimum Gasteiger partial charge on any atom is -0.481 e. The molecule has 2 rings (SSSR count). The summed E-state index contributed by atoms with van der Waals surface area (Å²) in [7, 11) is 0. The second-order valence-corrected chi connectivity index (χ2v) is 5.03. The van der Waals surface area contributed by atoms with Crippen molar-refractivity contribution in [2.75, 3.05) is 0 Å². The summed E-state index contributed by atoms with van der Waals surface area (Å²) < 4.78 is 0. The van der Waals surface area contributed by atoms with Crippen LogP contribution in [0.2, 0.25) is 0 Å². The summed E-state index contributed by atoms with van der Waals surface area (Å²) in [5, 5.41) is 9.24. The van der Waals surface area contributed by atoms with Crippen molar-refractivity contribution in [3.05, 3.63) is 59.4 Å². The summed E-state index contributed by atoms with van der Waals surface area (Å²) in [5.74, 6) is -0.804. The van der Waals surface area contributed by atoms with Gasteiger partial charge >= 0.3 is 5.97 Å². The molecule has 0 fully saturated rings. The molecule has 3 nitrogen and oxygen atoms in total. The highest BCUT2D eigenvalue weighted by Gasteiger charge is 2.29. The molecule has 0 saturated heterocycles. The smallest absolute Gasteiger partial charge is 0.313 e. The van der Waals surface area contributed by atoms with Crippen LogP contribution in [-0.4, -0.2) is 16.1 Å². The van der Waals surface area contributed by atoms with Crippen LogP contribution < -0.4 is 0 Å². The molecular formula is C15H17NO2. The number of aromatic nitrogens is 1. The highest BCUT2D eigenvalue weighted by atomic mass is 16.4. The molecule has 0 atom stereocenters. The molecule has 0 unspecified atom stereocenters. The zero-order valence-corrected chi connectivity index (χ0v) is 10.6. The first-order valence-electron chi connectivity index (χ1n) is 5.94. The lowest BCUT2D eigenvalue weighted by molar-refractivity contribution is -0.142. The molecule has 94 valence electrons. The Morgan fingerprint density at radius 1 is 1.28 bits per heavy atom. The zero-order valence-electron chi connectivity index (χ0n) is 10.6. The van der Waals surface area contributed by atoms with E-state index in [2.05, 4.69) is 4.98 Å². The number of benzene rings is 1. The van der Waals surface area contributed by atoms with Crippen LogP contribution in [0.15, 0.2) is 42.7 Å². The second kappa shape index (κ2) is 4.69. The third-order valence-electron chi connectivity index (χ3n) is 3.25. The highest BCUT2D eigenvalue weighted by Crippen LogP contribution is 2.24. The van der Waals surface area contributed by atoms with Crippen LogP contribution in [0.4, 0.5) is 0 Å². The van der Waals surface area contributed by atoms with Crippen LogP contribution in [0.3, 0.4) is 0 Å². The molecule has 3 heteroatoms. The number of carboxylic acids is 1. The first kappa shape index (κ1) is 12.4. The number of aromatic amines is 1. The fraction of sp³-hybridized carbons (Fsp3) is 0.267. The van der Waals surface area contributed by atoms with Gasteiger partial charge in [-0.2, -0.15) is 0 Å². The number of H-pyrrole nitrogens is 1. The monoisotopic (exact) mass is 243 g/mol. The average molecular weight is 243 g/mol. The quantitative estimate of drug-likeness (QED) is 0.867. The van der Waals surface area contributed by atoms with Gasteiger partial charge in [0.05, 0.1) is 5.41 Å². The van der Waals surface area contributed by atoms with Crippen LogP contribution in [0.25, 0.3) is 0 Å². The maximum atomic E-state index is 11.2. The summed E-state index contributed by atoms with van der Waals surface area (Å²) >= 11 is 0. The summed E-state index contributed by atoms with van der Waals surface area (Å²) in [5.41, 5.74) is 2.30. The fourth-order valence-corrected chi connectivity index (χ4v) is 1.90. The standard InChI is InChI=1S/C15H17NO2/c1-15(2,14(17)18)13-5-3-4-11(9-13)8-12-6-7-16-10-12/h3-7,9-10,16H,8H2,1-2H3,(H,17,18). The number of nitrogens with one attached hydrogen (secondary N) is 1. The largest absolute Gasteiger partial charge is 0.481 e. The van der Waals surface area contributed by atoms with Gasteiger partial charge in [-0.1, -0.05) is 24.3 Å². The van der Waals surface area contributed by atoms with E-state index in [1.54, 1.807) is 13.8 Å². The number of rotatable bonds is 4. The highest BCUT2D eigenvalue weighted by molar-refractivity contribution is 5.80. The predicted molar refractivity (Wildman–Crippen MR) is 70.7 cm³/mol. The molecule has 18 heavy (non-hydrogen) atoms. The second-order valence-electron chi connectivity index (χ2n) is 5.03. The third kappa shape index (κ3) is 2.45. The lowest BCUT2D eigenvalue weighted by atomic mass is 9.83. The minimum atomic E-state index is -0.853. The first-order chi connectivity index (χ1) is 8.50. The molecule has 0 aliphatic heterocycles. The van der Waals surface area contributed by atoms with E-state index in [4.69, 9.17) is 0 Å². The van der Waals surface area contributed by atoms with Crippen molar-refractivity contribution in [1.29, 1.82) is 0 Å². The molecule has 0 aliphatic carbocycles. The van der Waals surface area contributed by atoms with E-state index in [1.807, 2.05) is 42.7 Å². The molecule has 0 saturated carbocycles. The van der Waals surface area contributed by atoms with Gasteiger partial charge in [0.2, 0.25) is 0 Å². The molecule has 0 bridgehead atoms. The van der Waals surface area contributed by atoms with Crippen molar-refractivity contribution >= 4 is 5.97 Å². The van der Waals surface area contributed by atoms with Gasteiger partial charge in [0.1, 0.15) is 0 Å². The van der Waals surface area contributed by atoms with Crippen LogP contribution in [0.1, 0.15) is 30.5 Å². The summed E-state index contributed by atoms with van der Waals surface area (Å²) in [4.78, 5) is 14.3. The Morgan fingerprint density at radius 3 is 2.67 bits per heavy atom. The van der Waals surface area contributed by atoms with Crippen LogP contribution >= 0.6 is 0 Å². The van der Waals surface area contributed by atoms with Gasteiger partial charge in [0, 0.05) is 12.4 Å². The number of aliphatic carboxylic acids is 1. The minimum absolute atomic E-state index is 0.804. The van der Waals surface area contributed by atoms with Gasteiger partial charge in [-0.15, -0.1) is 0 Å². The van der Waals surface area contributed by atoms with E-state index in [-0.39, 0.29) is 0 Å². The molecule has 1 heterocycles. The van der Waals surface area contributed by atoms with E-state index in [9.17, 15) is 9.90 Å². The number of carboxylic acid groups (broad SMARTS) is 1. The first-order valence-corrected chi connectivity index (χ1v) is 5.94. The molecule has 0 spiro atoms. The van der Waals surface area contributed by atoms with Crippen LogP contribution in [0, 0.1) is 0 Å². The molecule has 1 aromatic carbocycles. The van der Waals surface area contributed by atoms with Crippen LogP contribution in [0.5, 0.6) is 0 Å². The fourth-order valence-electron chi connectivity index (χ4n) is 1.90. The molecular weight excluding hydrogens is 226 g/mol. The Labute approximate surface area is 106 Å². The predicted octanol–water partition coefficient (Wildman–Crippen LogP) is 2.97. The summed E-state index contributed by atoms with van der Waals surface area (Å²) in [6, 6.07) is 9.81. The van der Waals surface area contributed by atoms with Crippen molar-refractivity contribution in [3.63, 3.8) is 0 Å². The Kier molecular flexibility index (Phi) is 3.24. The van der Waals surface area contributed by atoms with Crippen LogP contribution in [-0.2, 0) is 16.6 Å². The number of carbonyl (C=O) groups is 1.